The molecule has 1 aliphatic carbocycles. The lowest BCUT2D eigenvalue weighted by Gasteiger charge is -2.38. The number of allylic oxidation sites excluding steroid dienone is 1. The largest absolute Gasteiger partial charge is 0.352 e. The summed E-state index contributed by atoms with van der Waals surface area (Å²) in [4.78, 5) is 0. The smallest absolute Gasteiger partial charge is 0.171 e. The summed E-state index contributed by atoms with van der Waals surface area (Å²) in [6.07, 6.45) is 3.51. The Labute approximate surface area is 163 Å². The average molecular weight is 382 g/mol. The SMILES string of the molecule is C[C@H]1CC(=Cc2ccccc2F)C2=C(C1)[C@@H](c1ccccc1F)NC(=S)N2. The second-order valence-electron chi connectivity index (χ2n) is 7.16. The van der Waals surface area contributed by atoms with E-state index in [1.165, 1.54) is 12.1 Å². The Hall–Kier alpha value is -2.53. The van der Waals surface area contributed by atoms with Crippen molar-refractivity contribution >= 4 is 23.4 Å². The van der Waals surface area contributed by atoms with Crippen LogP contribution in [0.3, 0.4) is 0 Å². The topological polar surface area (TPSA) is 24.1 Å². The van der Waals surface area contributed by atoms with E-state index in [0.29, 0.717) is 22.2 Å². The molecule has 1 aliphatic heterocycles. The van der Waals surface area contributed by atoms with Gasteiger partial charge in [0.25, 0.3) is 0 Å². The van der Waals surface area contributed by atoms with Gasteiger partial charge in [-0.15, -0.1) is 0 Å². The molecule has 2 aromatic carbocycles. The van der Waals surface area contributed by atoms with Crippen LogP contribution in [-0.2, 0) is 0 Å². The van der Waals surface area contributed by atoms with Crippen molar-refractivity contribution in [3.8, 4) is 0 Å². The van der Waals surface area contributed by atoms with Gasteiger partial charge in [0, 0.05) is 16.8 Å². The number of halogens is 2. The Morgan fingerprint density at radius 3 is 2.44 bits per heavy atom. The van der Waals surface area contributed by atoms with Crippen LogP contribution in [0.2, 0.25) is 0 Å². The third kappa shape index (κ3) is 3.52. The van der Waals surface area contributed by atoms with E-state index in [1.54, 1.807) is 24.3 Å². The van der Waals surface area contributed by atoms with Gasteiger partial charge in [-0.05, 0) is 60.3 Å². The van der Waals surface area contributed by atoms with Crippen molar-refractivity contribution in [2.45, 2.75) is 25.8 Å². The molecule has 0 saturated heterocycles. The van der Waals surface area contributed by atoms with Crippen LogP contribution in [0, 0.1) is 17.6 Å². The molecule has 0 saturated carbocycles. The maximum absolute atomic E-state index is 14.5. The minimum absolute atomic E-state index is 0.257. The molecule has 0 bridgehead atoms. The van der Waals surface area contributed by atoms with Crippen molar-refractivity contribution in [3.05, 3.63) is 88.1 Å². The first-order valence-corrected chi connectivity index (χ1v) is 9.44. The molecule has 2 nitrogen and oxygen atoms in total. The predicted molar refractivity (Wildman–Crippen MR) is 108 cm³/mol. The van der Waals surface area contributed by atoms with Gasteiger partial charge in [0.15, 0.2) is 5.11 Å². The van der Waals surface area contributed by atoms with E-state index >= 15 is 0 Å². The first-order chi connectivity index (χ1) is 13.0. The second-order valence-corrected chi connectivity index (χ2v) is 7.57. The lowest BCUT2D eigenvalue weighted by molar-refractivity contribution is 0.489. The van der Waals surface area contributed by atoms with E-state index in [2.05, 4.69) is 17.6 Å². The van der Waals surface area contributed by atoms with E-state index < -0.39 is 0 Å². The van der Waals surface area contributed by atoms with Gasteiger partial charge in [-0.2, -0.15) is 0 Å². The Balaban J connectivity index is 1.84. The van der Waals surface area contributed by atoms with Crippen LogP contribution in [0.15, 0.2) is 65.4 Å². The molecule has 0 amide bonds. The highest BCUT2D eigenvalue weighted by molar-refractivity contribution is 7.80. The summed E-state index contributed by atoms with van der Waals surface area (Å²) in [5, 5.41) is 6.90. The minimum atomic E-state index is -0.318. The summed E-state index contributed by atoms with van der Waals surface area (Å²) < 4.78 is 28.6. The zero-order valence-corrected chi connectivity index (χ0v) is 15.7. The van der Waals surface area contributed by atoms with Gasteiger partial charge in [-0.1, -0.05) is 43.3 Å². The maximum atomic E-state index is 14.5. The highest BCUT2D eigenvalue weighted by Gasteiger charge is 2.33. The minimum Gasteiger partial charge on any atom is -0.352 e. The zero-order valence-electron chi connectivity index (χ0n) is 14.9. The summed E-state index contributed by atoms with van der Waals surface area (Å²) in [6, 6.07) is 13.1. The van der Waals surface area contributed by atoms with Crippen LogP contribution in [0.5, 0.6) is 0 Å². The molecule has 0 aromatic heterocycles. The van der Waals surface area contributed by atoms with Crippen LogP contribution < -0.4 is 10.6 Å². The van der Waals surface area contributed by atoms with Crippen LogP contribution in [0.1, 0.15) is 36.9 Å². The van der Waals surface area contributed by atoms with Gasteiger partial charge in [0.1, 0.15) is 11.6 Å². The van der Waals surface area contributed by atoms with Gasteiger partial charge in [-0.3, -0.25) is 0 Å². The molecule has 0 spiro atoms. The first kappa shape index (κ1) is 17.9. The van der Waals surface area contributed by atoms with Gasteiger partial charge in [0.05, 0.1) is 6.04 Å². The Kier molecular flexibility index (Phi) is 4.79. The van der Waals surface area contributed by atoms with Gasteiger partial charge in [0.2, 0.25) is 0 Å². The molecule has 0 radical (unpaired) electrons. The van der Waals surface area contributed by atoms with Gasteiger partial charge < -0.3 is 10.6 Å². The molecule has 0 fully saturated rings. The van der Waals surface area contributed by atoms with E-state index in [9.17, 15) is 8.78 Å². The monoisotopic (exact) mass is 382 g/mol. The fraction of sp³-hybridized carbons (Fsp3) is 0.227. The number of hydrogen-bond donors (Lipinski definition) is 2. The van der Waals surface area contributed by atoms with Gasteiger partial charge in [-0.25, -0.2) is 8.78 Å². The number of hydrogen-bond acceptors (Lipinski definition) is 1. The molecule has 2 N–H and O–H groups in total. The first-order valence-electron chi connectivity index (χ1n) is 9.03. The van der Waals surface area contributed by atoms with Crippen LogP contribution in [-0.4, -0.2) is 5.11 Å². The quantitative estimate of drug-likeness (QED) is 0.694. The number of nitrogens with one attached hydrogen (secondary N) is 2. The van der Waals surface area contributed by atoms with Crippen LogP contribution in [0.25, 0.3) is 6.08 Å². The van der Waals surface area contributed by atoms with E-state index in [0.717, 1.165) is 29.7 Å². The molecule has 4 rings (SSSR count). The maximum Gasteiger partial charge on any atom is 0.171 e. The fourth-order valence-corrected chi connectivity index (χ4v) is 4.13. The molecule has 27 heavy (non-hydrogen) atoms. The molecule has 2 atom stereocenters. The van der Waals surface area contributed by atoms with Crippen molar-refractivity contribution in [3.63, 3.8) is 0 Å². The lowest BCUT2D eigenvalue weighted by Crippen LogP contribution is -2.46. The Morgan fingerprint density at radius 2 is 1.70 bits per heavy atom. The lowest BCUT2D eigenvalue weighted by atomic mass is 9.78. The fourth-order valence-electron chi connectivity index (χ4n) is 3.91. The zero-order chi connectivity index (χ0) is 19.0. The summed E-state index contributed by atoms with van der Waals surface area (Å²) in [6.45, 7) is 2.16. The van der Waals surface area contributed by atoms with E-state index in [4.69, 9.17) is 12.2 Å². The summed E-state index contributed by atoms with van der Waals surface area (Å²) in [7, 11) is 0. The molecule has 2 aliphatic rings. The normalized spacial score (nSPS) is 23.7. The second kappa shape index (κ2) is 7.24. The van der Waals surface area contributed by atoms with Crippen molar-refractivity contribution in [2.75, 3.05) is 0 Å². The van der Waals surface area contributed by atoms with Crippen LogP contribution in [0.4, 0.5) is 8.78 Å². The Morgan fingerprint density at radius 1 is 1.00 bits per heavy atom. The van der Waals surface area contributed by atoms with E-state index in [1.807, 2.05) is 18.2 Å². The van der Waals surface area contributed by atoms with Crippen molar-refractivity contribution < 1.29 is 8.78 Å². The summed E-state index contributed by atoms with van der Waals surface area (Å²) in [5.41, 5.74) is 4.08. The van der Waals surface area contributed by atoms with Crippen molar-refractivity contribution in [2.24, 2.45) is 5.92 Å². The molecule has 1 heterocycles. The highest BCUT2D eigenvalue weighted by atomic mass is 32.1. The predicted octanol–water partition coefficient (Wildman–Crippen LogP) is 5.25. The molecule has 138 valence electrons. The van der Waals surface area contributed by atoms with Crippen molar-refractivity contribution in [1.29, 1.82) is 0 Å². The average Bonchev–Trinajstić information content (AvgIpc) is 2.64. The molecule has 2 aromatic rings. The summed E-state index contributed by atoms with van der Waals surface area (Å²) >= 11 is 5.39. The third-order valence-electron chi connectivity index (χ3n) is 5.09. The number of rotatable bonds is 2. The van der Waals surface area contributed by atoms with Crippen LogP contribution >= 0.6 is 12.2 Å². The van der Waals surface area contributed by atoms with Crippen molar-refractivity contribution in [1.82, 2.24) is 10.6 Å². The molecule has 5 heteroatoms. The number of benzene rings is 2. The molecular formula is C22H20F2N2S. The number of thiocarbonyl (C=S) groups is 1. The molecular weight excluding hydrogens is 362 g/mol. The van der Waals surface area contributed by atoms with Gasteiger partial charge >= 0.3 is 0 Å². The standard InChI is InChI=1S/C22H20F2N2S/c1-13-10-15(12-14-6-2-4-8-18(14)23)20-17(11-13)21(26-22(27)25-20)16-7-3-5-9-19(16)24/h2-9,12-13,21H,10-11H2,1H3,(H2,25,26,27)/t13-,21+/m0/s1. The van der Waals surface area contributed by atoms with E-state index in [-0.39, 0.29) is 17.7 Å². The highest BCUT2D eigenvalue weighted by Crippen LogP contribution is 2.41. The Bertz CT molecular complexity index is 964. The molecule has 0 unspecified atom stereocenters. The third-order valence-corrected chi connectivity index (χ3v) is 5.31. The summed E-state index contributed by atoms with van der Waals surface area (Å²) in [5.74, 6) is -0.150.